The van der Waals surface area contributed by atoms with E-state index in [1.54, 1.807) is 0 Å². The third kappa shape index (κ3) is 8.08. The summed E-state index contributed by atoms with van der Waals surface area (Å²) in [5.41, 5.74) is 28.7. The van der Waals surface area contributed by atoms with E-state index in [2.05, 4.69) is 140 Å². The zero-order chi connectivity index (χ0) is 43.9. The standard InChI is InChI=1S/C58H74N4/c1-11-21-23-30-36-48-53-41(15-5)45(19-9)57(61-53)49(37-31-26-24-27-32-37)55-43(17-7)39(13-3)51(59-55)47(35-22-12-2)52-40(14-4)44(18-8)56(60-52)50(38-33-28-25-29-34-38)58-46(20-10)42(16-6)54(48)62-58/h24-29,31-34,59-60H,11-23,30,35-36H2,1-10H3. The monoisotopic (exact) mass is 827 g/mol. The topological polar surface area (TPSA) is 57.4 Å². The Labute approximate surface area is 373 Å². The fraction of sp³-hybridized carbons (Fsp3) is 0.448. The molecule has 2 aliphatic heterocycles. The molecule has 5 heterocycles. The molecule has 0 atom stereocenters. The SMILES string of the molecule is CCCCCCc1c2nc(c(-c3ccccc3)c3[nH]c(c(CC)c3CC)c(CCCC)c3[nH]c(c(CC)c3CC)c(-c3ccccc3)c3nc1C(CC)=C3CC)C(CC)=C2CC. The number of rotatable bonds is 18. The summed E-state index contributed by atoms with van der Waals surface area (Å²) in [7, 11) is 0. The number of nitrogens with zero attached hydrogens (tertiary/aromatic N) is 2. The molecule has 2 aliphatic rings. The van der Waals surface area contributed by atoms with Crippen molar-refractivity contribution in [3.8, 4) is 22.3 Å². The van der Waals surface area contributed by atoms with Gasteiger partial charge in [-0.3, -0.25) is 0 Å². The van der Waals surface area contributed by atoms with Gasteiger partial charge in [0.25, 0.3) is 0 Å². The zero-order valence-corrected chi connectivity index (χ0v) is 40.0. The molecule has 62 heavy (non-hydrogen) atoms. The van der Waals surface area contributed by atoms with E-state index in [0.29, 0.717) is 0 Å². The average molecular weight is 827 g/mol. The quantitative estimate of drug-likeness (QED) is 0.0865. The van der Waals surface area contributed by atoms with E-state index in [4.69, 9.17) is 9.97 Å². The first-order valence-electron chi connectivity index (χ1n) is 24.8. The molecular weight excluding hydrogens is 753 g/mol. The second-order valence-corrected chi connectivity index (χ2v) is 17.4. The van der Waals surface area contributed by atoms with E-state index in [1.807, 2.05) is 0 Å². The average Bonchev–Trinajstić information content (AvgIpc) is 4.07. The molecule has 2 N–H and O–H groups in total. The molecule has 0 amide bonds. The number of hydrogen-bond donors (Lipinski definition) is 2. The summed E-state index contributed by atoms with van der Waals surface area (Å²) >= 11 is 0. The van der Waals surface area contributed by atoms with E-state index in [-0.39, 0.29) is 0 Å². The molecule has 0 spiro atoms. The molecule has 0 saturated heterocycles. The number of nitrogens with one attached hydrogen (secondary N) is 2. The van der Waals surface area contributed by atoms with Crippen molar-refractivity contribution in [3.63, 3.8) is 0 Å². The Morgan fingerprint density at radius 3 is 1.08 bits per heavy atom. The molecule has 0 fully saturated rings. The number of aromatic amines is 2. The van der Waals surface area contributed by atoms with Gasteiger partial charge in [-0.05, 0) is 138 Å². The van der Waals surface area contributed by atoms with Crippen LogP contribution in [0, 0.1) is 0 Å². The van der Waals surface area contributed by atoms with E-state index < -0.39 is 0 Å². The highest BCUT2D eigenvalue weighted by atomic mass is 14.8. The summed E-state index contributed by atoms with van der Waals surface area (Å²) in [5, 5.41) is 0. The summed E-state index contributed by atoms with van der Waals surface area (Å²) in [5.74, 6) is 0. The van der Waals surface area contributed by atoms with Gasteiger partial charge in [0.15, 0.2) is 0 Å². The Hall–Kier alpha value is -4.96. The minimum absolute atomic E-state index is 0.922. The van der Waals surface area contributed by atoms with Gasteiger partial charge < -0.3 is 9.97 Å². The Kier molecular flexibility index (Phi) is 14.9. The molecule has 2 aromatic carbocycles. The van der Waals surface area contributed by atoms with Gasteiger partial charge in [0.2, 0.25) is 0 Å². The second-order valence-electron chi connectivity index (χ2n) is 17.4. The number of hydrogen-bond acceptors (Lipinski definition) is 2. The highest BCUT2D eigenvalue weighted by molar-refractivity contribution is 6.05. The molecular formula is C58H74N4. The molecule has 8 bridgehead atoms. The lowest BCUT2D eigenvalue weighted by atomic mass is 9.89. The molecule has 4 heteroatoms. The van der Waals surface area contributed by atoms with Crippen LogP contribution in [0.15, 0.2) is 60.7 Å². The van der Waals surface area contributed by atoms with Crippen LogP contribution in [0.25, 0.3) is 66.6 Å². The van der Waals surface area contributed by atoms with Crippen LogP contribution in [0.1, 0.15) is 190 Å². The maximum absolute atomic E-state index is 6.01. The van der Waals surface area contributed by atoms with E-state index >= 15 is 0 Å². The van der Waals surface area contributed by atoms with Gasteiger partial charge in [-0.15, -0.1) is 0 Å². The molecule has 0 saturated carbocycles. The van der Waals surface area contributed by atoms with Gasteiger partial charge in [0.1, 0.15) is 0 Å². The third-order valence-corrected chi connectivity index (χ3v) is 13.9. The highest BCUT2D eigenvalue weighted by Crippen LogP contribution is 2.48. The minimum atomic E-state index is 0.922. The van der Waals surface area contributed by atoms with Crippen molar-refractivity contribution in [2.45, 2.75) is 172 Å². The van der Waals surface area contributed by atoms with Gasteiger partial charge in [0.05, 0.1) is 33.8 Å². The van der Waals surface area contributed by atoms with Gasteiger partial charge in [0, 0.05) is 27.7 Å². The van der Waals surface area contributed by atoms with E-state index in [1.165, 1.54) is 131 Å². The number of benzene rings is 2. The first-order valence-corrected chi connectivity index (χ1v) is 24.8. The smallest absolute Gasteiger partial charge is 0.0771 e. The zero-order valence-electron chi connectivity index (χ0n) is 40.0. The van der Waals surface area contributed by atoms with Crippen molar-refractivity contribution < 1.29 is 0 Å². The Bertz CT molecular complexity index is 2440. The largest absolute Gasteiger partial charge is 0.354 e. The van der Waals surface area contributed by atoms with Crippen molar-refractivity contribution in [1.82, 2.24) is 19.9 Å². The Morgan fingerprint density at radius 1 is 0.339 bits per heavy atom. The maximum atomic E-state index is 6.01. The number of aromatic nitrogens is 4. The van der Waals surface area contributed by atoms with E-state index in [9.17, 15) is 0 Å². The summed E-state index contributed by atoms with van der Waals surface area (Å²) in [6, 6.07) is 22.3. The predicted octanol–water partition coefficient (Wildman–Crippen LogP) is 16.8. The number of allylic oxidation sites excluding steroid dienone is 4. The van der Waals surface area contributed by atoms with Crippen LogP contribution in [0.4, 0.5) is 0 Å². The lowest BCUT2D eigenvalue weighted by Gasteiger charge is -2.12. The van der Waals surface area contributed by atoms with Gasteiger partial charge in [-0.1, -0.05) is 156 Å². The van der Waals surface area contributed by atoms with Crippen molar-refractivity contribution in [3.05, 3.63) is 117 Å². The predicted molar refractivity (Wildman–Crippen MR) is 271 cm³/mol. The first kappa shape index (κ1) is 45.1. The fourth-order valence-corrected chi connectivity index (χ4v) is 11.0. The molecule has 3 aromatic heterocycles. The molecule has 0 unspecified atom stereocenters. The Morgan fingerprint density at radius 2 is 0.710 bits per heavy atom. The molecule has 0 aliphatic carbocycles. The molecule has 5 aromatic rings. The maximum Gasteiger partial charge on any atom is 0.0771 e. The highest BCUT2D eigenvalue weighted by Gasteiger charge is 2.31. The van der Waals surface area contributed by atoms with Crippen molar-refractivity contribution in [1.29, 1.82) is 0 Å². The molecule has 326 valence electrons. The van der Waals surface area contributed by atoms with Gasteiger partial charge >= 0.3 is 0 Å². The molecule has 7 rings (SSSR count). The number of fused-ring (bicyclic) bond motifs is 8. The van der Waals surface area contributed by atoms with Gasteiger partial charge in [-0.25, -0.2) is 9.97 Å². The number of unbranched alkanes of at least 4 members (excludes halogenated alkanes) is 4. The van der Waals surface area contributed by atoms with Crippen LogP contribution in [-0.4, -0.2) is 19.9 Å². The second kappa shape index (κ2) is 20.5. The van der Waals surface area contributed by atoms with Crippen LogP contribution >= 0.6 is 0 Å². The van der Waals surface area contributed by atoms with Crippen molar-refractivity contribution >= 4 is 44.4 Å². The fourth-order valence-electron chi connectivity index (χ4n) is 11.0. The third-order valence-electron chi connectivity index (χ3n) is 13.9. The van der Waals surface area contributed by atoms with E-state index in [0.717, 1.165) is 94.9 Å². The van der Waals surface area contributed by atoms with Crippen LogP contribution in [0.3, 0.4) is 0 Å². The van der Waals surface area contributed by atoms with Crippen LogP contribution in [-0.2, 0) is 38.5 Å². The normalized spacial score (nSPS) is 12.9. The lowest BCUT2D eigenvalue weighted by molar-refractivity contribution is 0.664. The summed E-state index contributed by atoms with van der Waals surface area (Å²) < 4.78 is 0. The van der Waals surface area contributed by atoms with Gasteiger partial charge in [-0.2, -0.15) is 0 Å². The summed E-state index contributed by atoms with van der Waals surface area (Å²) in [4.78, 5) is 20.6. The minimum Gasteiger partial charge on any atom is -0.354 e. The summed E-state index contributed by atoms with van der Waals surface area (Å²) in [6.07, 6.45) is 16.5. The van der Waals surface area contributed by atoms with Crippen molar-refractivity contribution in [2.75, 3.05) is 0 Å². The van der Waals surface area contributed by atoms with Crippen molar-refractivity contribution in [2.24, 2.45) is 0 Å². The Balaban J connectivity index is 1.89. The first-order chi connectivity index (χ1) is 30.4. The lowest BCUT2D eigenvalue weighted by Crippen LogP contribution is -2.00. The van der Waals surface area contributed by atoms with Crippen LogP contribution < -0.4 is 0 Å². The van der Waals surface area contributed by atoms with Crippen LogP contribution in [0.5, 0.6) is 0 Å². The van der Waals surface area contributed by atoms with Crippen LogP contribution in [0.2, 0.25) is 0 Å². The molecule has 0 radical (unpaired) electrons. The summed E-state index contributed by atoms with van der Waals surface area (Å²) in [6.45, 7) is 23.5. The number of H-pyrrole nitrogens is 2. The molecule has 4 nitrogen and oxygen atoms in total. The number of aryl methyl sites for hydroxylation is 5.